The van der Waals surface area contributed by atoms with Crippen LogP contribution in [0, 0.1) is 5.92 Å². The summed E-state index contributed by atoms with van der Waals surface area (Å²) in [7, 11) is 0. The molecule has 2 unspecified atom stereocenters. The van der Waals surface area contributed by atoms with Crippen molar-refractivity contribution in [2.24, 2.45) is 11.8 Å². The molecule has 5 nitrogen and oxygen atoms in total. The lowest BCUT2D eigenvalue weighted by Gasteiger charge is -2.33. The average molecular weight is 255 g/mol. The third kappa shape index (κ3) is 3.43. The molecule has 2 aliphatic rings. The van der Waals surface area contributed by atoms with Crippen molar-refractivity contribution in [1.29, 1.82) is 0 Å². The first-order valence-electron chi connectivity index (χ1n) is 7.11. The lowest BCUT2D eigenvalue weighted by Crippen LogP contribution is -2.41. The fraction of sp³-hybridized carbons (Fsp3) is 0.923. The van der Waals surface area contributed by atoms with Crippen molar-refractivity contribution in [1.82, 2.24) is 10.3 Å². The van der Waals surface area contributed by atoms with Gasteiger partial charge >= 0.3 is 0 Å². The molecule has 3 N–H and O–H groups in total. The summed E-state index contributed by atoms with van der Waals surface area (Å²) >= 11 is 0. The van der Waals surface area contributed by atoms with E-state index in [-0.39, 0.29) is 18.1 Å². The fourth-order valence-corrected chi connectivity index (χ4v) is 2.79. The van der Waals surface area contributed by atoms with Crippen LogP contribution < -0.4 is 11.3 Å². The number of nitrogens with two attached hydrogens (primary N) is 1. The number of nitrogens with zero attached hydrogens (tertiary/aromatic N) is 1. The Kier molecular flexibility index (Phi) is 4.97. The van der Waals surface area contributed by atoms with E-state index in [0.29, 0.717) is 0 Å². The molecule has 0 aromatic rings. The highest BCUT2D eigenvalue weighted by Gasteiger charge is 2.31. The molecular weight excluding hydrogens is 230 g/mol. The van der Waals surface area contributed by atoms with Gasteiger partial charge in [-0.1, -0.05) is 13.3 Å². The summed E-state index contributed by atoms with van der Waals surface area (Å²) < 4.78 is 5.75. The van der Waals surface area contributed by atoms with Crippen LogP contribution in [0.25, 0.3) is 0 Å². The van der Waals surface area contributed by atoms with Gasteiger partial charge in [0, 0.05) is 13.1 Å². The quantitative estimate of drug-likeness (QED) is 0.415. The Hall–Kier alpha value is -0.650. The average Bonchev–Trinajstić information content (AvgIpc) is 2.79. The van der Waals surface area contributed by atoms with Crippen LogP contribution in [0.4, 0.5) is 0 Å². The number of amides is 1. The van der Waals surface area contributed by atoms with Gasteiger partial charge in [0.25, 0.3) is 5.91 Å². The lowest BCUT2D eigenvalue weighted by atomic mass is 9.85. The number of carbonyl (C=O) groups excluding carboxylic acids is 1. The Morgan fingerprint density at radius 1 is 1.33 bits per heavy atom. The van der Waals surface area contributed by atoms with E-state index in [1.165, 1.54) is 25.8 Å². The predicted molar refractivity (Wildman–Crippen MR) is 69.7 cm³/mol. The molecule has 2 atom stereocenters. The van der Waals surface area contributed by atoms with Crippen LogP contribution in [-0.4, -0.2) is 42.6 Å². The lowest BCUT2D eigenvalue weighted by molar-refractivity contribution is -0.132. The molecule has 2 rings (SSSR count). The number of ether oxygens (including phenoxy) is 1. The van der Waals surface area contributed by atoms with Gasteiger partial charge in [0.1, 0.15) is 6.10 Å². The maximum absolute atomic E-state index is 11.4. The van der Waals surface area contributed by atoms with Gasteiger partial charge in [-0.05, 0) is 38.1 Å². The normalized spacial score (nSPS) is 28.4. The van der Waals surface area contributed by atoms with Crippen LogP contribution in [0.3, 0.4) is 0 Å². The van der Waals surface area contributed by atoms with Crippen LogP contribution in [-0.2, 0) is 9.53 Å². The second-order valence-electron chi connectivity index (χ2n) is 5.48. The van der Waals surface area contributed by atoms with Crippen LogP contribution in [0.15, 0.2) is 0 Å². The minimum absolute atomic E-state index is 0.187. The van der Waals surface area contributed by atoms with Crippen molar-refractivity contribution >= 4 is 5.91 Å². The Morgan fingerprint density at radius 3 is 2.67 bits per heavy atom. The van der Waals surface area contributed by atoms with Crippen molar-refractivity contribution in [3.05, 3.63) is 0 Å². The SMILES string of the molecule is CCN(CC1CCC1)CC1CCC(C(=O)NN)O1. The smallest absolute Gasteiger partial charge is 0.263 e. The van der Waals surface area contributed by atoms with Crippen molar-refractivity contribution < 1.29 is 9.53 Å². The van der Waals surface area contributed by atoms with Gasteiger partial charge in [0.2, 0.25) is 0 Å². The molecule has 0 aromatic heterocycles. The molecule has 1 amide bonds. The van der Waals surface area contributed by atoms with E-state index in [9.17, 15) is 4.79 Å². The molecule has 1 saturated heterocycles. The summed E-state index contributed by atoms with van der Waals surface area (Å²) in [6.07, 6.45) is 5.73. The summed E-state index contributed by atoms with van der Waals surface area (Å²) in [6, 6.07) is 0. The van der Waals surface area contributed by atoms with Crippen molar-refractivity contribution in [3.63, 3.8) is 0 Å². The first kappa shape index (κ1) is 13.8. The molecule has 2 fully saturated rings. The van der Waals surface area contributed by atoms with E-state index in [0.717, 1.165) is 31.8 Å². The first-order chi connectivity index (χ1) is 8.72. The molecule has 104 valence electrons. The number of likely N-dealkylation sites (N-methyl/N-ethyl adjacent to an activating group) is 1. The predicted octanol–water partition coefficient (Wildman–Crippen LogP) is 0.646. The highest BCUT2D eigenvalue weighted by Crippen LogP contribution is 2.28. The Balaban J connectivity index is 1.73. The van der Waals surface area contributed by atoms with E-state index >= 15 is 0 Å². The molecule has 1 heterocycles. The Morgan fingerprint density at radius 2 is 2.11 bits per heavy atom. The van der Waals surface area contributed by atoms with Gasteiger partial charge in [0.15, 0.2) is 0 Å². The maximum Gasteiger partial charge on any atom is 0.263 e. The van der Waals surface area contributed by atoms with Gasteiger partial charge in [0.05, 0.1) is 6.10 Å². The summed E-state index contributed by atoms with van der Waals surface area (Å²) in [5.74, 6) is 5.82. The fourth-order valence-electron chi connectivity index (χ4n) is 2.79. The standard InChI is InChI=1S/C13H25N3O2/c1-2-16(8-10-4-3-5-10)9-11-6-7-12(18-11)13(17)15-14/h10-12H,2-9,14H2,1H3,(H,15,17). The molecule has 5 heteroatoms. The zero-order valence-corrected chi connectivity index (χ0v) is 11.2. The summed E-state index contributed by atoms with van der Waals surface area (Å²) in [4.78, 5) is 13.8. The summed E-state index contributed by atoms with van der Waals surface area (Å²) in [6.45, 7) is 5.38. The number of carbonyl (C=O) groups is 1. The Labute approximate surface area is 109 Å². The molecular formula is C13H25N3O2. The van der Waals surface area contributed by atoms with Gasteiger partial charge in [-0.15, -0.1) is 0 Å². The number of hydrazine groups is 1. The van der Waals surface area contributed by atoms with Crippen LogP contribution >= 0.6 is 0 Å². The van der Waals surface area contributed by atoms with Crippen LogP contribution in [0.5, 0.6) is 0 Å². The monoisotopic (exact) mass is 255 g/mol. The first-order valence-corrected chi connectivity index (χ1v) is 7.11. The van der Waals surface area contributed by atoms with Gasteiger partial charge in [-0.2, -0.15) is 0 Å². The van der Waals surface area contributed by atoms with Crippen molar-refractivity contribution in [2.45, 2.75) is 51.2 Å². The zero-order chi connectivity index (χ0) is 13.0. The highest BCUT2D eigenvalue weighted by atomic mass is 16.5. The summed E-state index contributed by atoms with van der Waals surface area (Å²) in [5.41, 5.74) is 2.17. The van der Waals surface area contributed by atoms with Gasteiger partial charge in [-0.25, -0.2) is 5.84 Å². The third-order valence-electron chi connectivity index (χ3n) is 4.19. The number of nitrogens with one attached hydrogen (secondary N) is 1. The maximum atomic E-state index is 11.4. The molecule has 0 radical (unpaired) electrons. The van der Waals surface area contributed by atoms with Crippen molar-refractivity contribution in [2.75, 3.05) is 19.6 Å². The van der Waals surface area contributed by atoms with Crippen molar-refractivity contribution in [3.8, 4) is 0 Å². The van der Waals surface area contributed by atoms with Gasteiger partial charge in [-0.3, -0.25) is 10.2 Å². The molecule has 0 spiro atoms. The molecule has 1 saturated carbocycles. The van der Waals surface area contributed by atoms with Crippen LogP contribution in [0.1, 0.15) is 39.0 Å². The second kappa shape index (κ2) is 6.50. The summed E-state index contributed by atoms with van der Waals surface area (Å²) in [5, 5.41) is 0. The molecule has 0 bridgehead atoms. The highest BCUT2D eigenvalue weighted by molar-refractivity contribution is 5.80. The Bertz CT molecular complexity index is 281. The van der Waals surface area contributed by atoms with E-state index in [1.54, 1.807) is 0 Å². The molecule has 0 aromatic carbocycles. The van der Waals surface area contributed by atoms with E-state index < -0.39 is 0 Å². The third-order valence-corrected chi connectivity index (χ3v) is 4.19. The minimum Gasteiger partial charge on any atom is -0.364 e. The topological polar surface area (TPSA) is 67.6 Å². The van der Waals surface area contributed by atoms with Gasteiger partial charge < -0.3 is 9.64 Å². The second-order valence-corrected chi connectivity index (χ2v) is 5.48. The van der Waals surface area contributed by atoms with E-state index in [1.807, 2.05) is 0 Å². The zero-order valence-electron chi connectivity index (χ0n) is 11.2. The largest absolute Gasteiger partial charge is 0.364 e. The molecule has 1 aliphatic carbocycles. The van der Waals surface area contributed by atoms with E-state index in [4.69, 9.17) is 10.6 Å². The molecule has 1 aliphatic heterocycles. The minimum atomic E-state index is -0.345. The van der Waals surface area contributed by atoms with E-state index in [2.05, 4.69) is 17.2 Å². The number of hydrogen-bond acceptors (Lipinski definition) is 4. The number of hydrogen-bond donors (Lipinski definition) is 2. The molecule has 18 heavy (non-hydrogen) atoms. The number of rotatable bonds is 6. The van der Waals surface area contributed by atoms with Crippen LogP contribution in [0.2, 0.25) is 0 Å².